The highest BCUT2D eigenvalue weighted by molar-refractivity contribution is 5.32. The molecule has 2 heteroatoms. The van der Waals surface area contributed by atoms with Crippen LogP contribution in [0, 0.1) is 20.8 Å². The fourth-order valence-corrected chi connectivity index (χ4v) is 1.75. The fourth-order valence-electron chi connectivity index (χ4n) is 1.75. The molecule has 0 spiro atoms. The zero-order chi connectivity index (χ0) is 11.9. The van der Waals surface area contributed by atoms with E-state index in [1.165, 1.54) is 5.56 Å². The molecule has 1 aromatic carbocycles. The van der Waals surface area contributed by atoms with Crippen molar-refractivity contribution in [3.05, 3.63) is 47.5 Å². The summed E-state index contributed by atoms with van der Waals surface area (Å²) in [6.45, 7) is 6.17. The first-order chi connectivity index (χ1) is 7.54. The minimum atomic E-state index is 0.518. The Bertz CT molecular complexity index is 516. The Labute approximate surface area is 92.2 Å². The average Bonchev–Trinajstić information content (AvgIpc) is 2.45. The number of imidazole rings is 1. The van der Waals surface area contributed by atoms with E-state index in [2.05, 4.69) is 26.0 Å². The molecule has 0 fully saturated rings. The van der Waals surface area contributed by atoms with Crippen molar-refractivity contribution < 1.29 is 5.94 Å². The van der Waals surface area contributed by atoms with E-state index in [4.69, 9.17) is 1.37 Å². The maximum absolute atomic E-state index is 8.12. The van der Waals surface area contributed by atoms with E-state index >= 15 is 0 Å². The first kappa shape index (κ1) is 8.72. The smallest absolute Gasteiger partial charge is 0.236 e. The second kappa shape index (κ2) is 3.54. The van der Waals surface area contributed by atoms with Crippen molar-refractivity contribution in [2.75, 3.05) is 0 Å². The van der Waals surface area contributed by atoms with Crippen molar-refractivity contribution in [1.29, 1.82) is 0 Å². The van der Waals surface area contributed by atoms with Crippen LogP contribution < -0.4 is 4.57 Å². The SMILES string of the molecule is [2H]c1n(C)c(C)c(C)[n+]1-c1ccccc1C. The lowest BCUT2D eigenvalue weighted by Gasteiger charge is -2.01. The normalized spacial score (nSPS) is 11.6. The zero-order valence-corrected chi connectivity index (χ0v) is 9.70. The van der Waals surface area contributed by atoms with E-state index in [1.54, 1.807) is 0 Å². The molecular formula is C13H17N2+. The van der Waals surface area contributed by atoms with E-state index in [-0.39, 0.29) is 0 Å². The molecule has 0 bridgehead atoms. The van der Waals surface area contributed by atoms with Crippen LogP contribution in [0.5, 0.6) is 0 Å². The molecule has 0 saturated heterocycles. The van der Waals surface area contributed by atoms with Gasteiger partial charge >= 0.3 is 0 Å². The van der Waals surface area contributed by atoms with Crippen LogP contribution in [0.3, 0.4) is 0 Å². The van der Waals surface area contributed by atoms with Crippen LogP contribution in [0.4, 0.5) is 0 Å². The molecule has 2 rings (SSSR count). The molecule has 1 aromatic heterocycles. The van der Waals surface area contributed by atoms with Gasteiger partial charge in [-0.1, -0.05) is 18.2 Å². The van der Waals surface area contributed by atoms with Gasteiger partial charge in [0.2, 0.25) is 6.30 Å². The van der Waals surface area contributed by atoms with Gasteiger partial charge in [0.15, 0.2) is 1.37 Å². The van der Waals surface area contributed by atoms with Gasteiger partial charge in [-0.05, 0) is 18.6 Å². The number of benzene rings is 1. The minimum absolute atomic E-state index is 0.518. The second-order valence-corrected chi connectivity index (χ2v) is 3.95. The van der Waals surface area contributed by atoms with E-state index in [9.17, 15) is 0 Å². The van der Waals surface area contributed by atoms with Gasteiger partial charge in [-0.2, -0.15) is 4.57 Å². The number of hydrogen-bond acceptors (Lipinski definition) is 0. The Morgan fingerprint density at radius 3 is 2.40 bits per heavy atom. The standard InChI is InChI=1S/C13H17N2/c1-10-7-5-6-8-13(10)15-9-14(4)11(2)12(15)3/h5-9H,1-4H3/q+1/i9D. The summed E-state index contributed by atoms with van der Waals surface area (Å²) in [6, 6.07) is 8.16. The summed E-state index contributed by atoms with van der Waals surface area (Å²) in [6.07, 6.45) is 0.518. The monoisotopic (exact) mass is 202 g/mol. The third-order valence-electron chi connectivity index (χ3n) is 2.97. The Morgan fingerprint density at radius 2 is 1.87 bits per heavy atom. The second-order valence-electron chi connectivity index (χ2n) is 3.95. The Hall–Kier alpha value is -1.57. The maximum atomic E-state index is 8.12. The summed E-state index contributed by atoms with van der Waals surface area (Å²) in [7, 11) is 1.93. The van der Waals surface area contributed by atoms with E-state index in [0.29, 0.717) is 6.30 Å². The summed E-state index contributed by atoms with van der Waals surface area (Å²) >= 11 is 0. The first-order valence-electron chi connectivity index (χ1n) is 5.64. The largest absolute Gasteiger partial charge is 0.249 e. The molecule has 0 radical (unpaired) electrons. The average molecular weight is 202 g/mol. The predicted octanol–water partition coefficient (Wildman–Crippen LogP) is 2.23. The van der Waals surface area contributed by atoms with Crippen molar-refractivity contribution in [3.8, 4) is 5.69 Å². The van der Waals surface area contributed by atoms with Gasteiger partial charge in [-0.3, -0.25) is 0 Å². The van der Waals surface area contributed by atoms with E-state index in [0.717, 1.165) is 17.1 Å². The molecule has 0 aliphatic rings. The lowest BCUT2D eigenvalue weighted by molar-refractivity contribution is -0.602. The number of aryl methyl sites for hydroxylation is 1. The van der Waals surface area contributed by atoms with Crippen molar-refractivity contribution in [2.45, 2.75) is 20.8 Å². The highest BCUT2D eigenvalue weighted by Gasteiger charge is 2.15. The van der Waals surface area contributed by atoms with Gasteiger partial charge in [0.05, 0.1) is 7.05 Å². The van der Waals surface area contributed by atoms with Crippen LogP contribution in [0.25, 0.3) is 5.69 Å². The lowest BCUT2D eigenvalue weighted by atomic mass is 10.2. The molecule has 0 amide bonds. The number of aromatic nitrogens is 2. The van der Waals surface area contributed by atoms with Crippen molar-refractivity contribution >= 4 is 0 Å². The topological polar surface area (TPSA) is 8.81 Å². The van der Waals surface area contributed by atoms with Gasteiger partial charge in [-0.15, -0.1) is 0 Å². The molecule has 0 saturated carbocycles. The molecule has 0 aliphatic heterocycles. The number of para-hydroxylation sites is 1. The van der Waals surface area contributed by atoms with E-state index in [1.807, 2.05) is 35.2 Å². The van der Waals surface area contributed by atoms with Crippen LogP contribution in [-0.2, 0) is 7.05 Å². The van der Waals surface area contributed by atoms with Gasteiger partial charge in [0, 0.05) is 13.8 Å². The molecular weight excluding hydrogens is 184 g/mol. The molecule has 0 unspecified atom stereocenters. The van der Waals surface area contributed by atoms with Crippen LogP contribution in [0.2, 0.25) is 0 Å². The number of rotatable bonds is 1. The molecule has 2 nitrogen and oxygen atoms in total. The van der Waals surface area contributed by atoms with Gasteiger partial charge in [0.1, 0.15) is 17.1 Å². The Morgan fingerprint density at radius 1 is 1.20 bits per heavy atom. The third-order valence-corrected chi connectivity index (χ3v) is 2.97. The quantitative estimate of drug-likeness (QED) is 0.627. The van der Waals surface area contributed by atoms with Crippen LogP contribution >= 0.6 is 0 Å². The van der Waals surface area contributed by atoms with Gasteiger partial charge in [-0.25, -0.2) is 4.57 Å². The van der Waals surface area contributed by atoms with Gasteiger partial charge in [0.25, 0.3) is 0 Å². The molecule has 0 aliphatic carbocycles. The summed E-state index contributed by atoms with van der Waals surface area (Å²) in [5.74, 6) is 0. The summed E-state index contributed by atoms with van der Waals surface area (Å²) in [5.41, 5.74) is 4.54. The fraction of sp³-hybridized carbons (Fsp3) is 0.308. The molecule has 78 valence electrons. The first-order valence-corrected chi connectivity index (χ1v) is 5.14. The molecule has 15 heavy (non-hydrogen) atoms. The molecule has 0 atom stereocenters. The Kier molecular flexibility index (Phi) is 2.05. The molecule has 0 N–H and O–H groups in total. The van der Waals surface area contributed by atoms with Gasteiger partial charge < -0.3 is 0 Å². The summed E-state index contributed by atoms with van der Waals surface area (Å²) in [5, 5.41) is 0. The highest BCUT2D eigenvalue weighted by atomic mass is 15.1. The highest BCUT2D eigenvalue weighted by Crippen LogP contribution is 2.10. The summed E-state index contributed by atoms with van der Waals surface area (Å²) < 4.78 is 12.0. The third kappa shape index (κ3) is 1.56. The van der Waals surface area contributed by atoms with E-state index < -0.39 is 0 Å². The van der Waals surface area contributed by atoms with Crippen LogP contribution in [0.1, 0.15) is 18.3 Å². The number of hydrogen-bond donors (Lipinski definition) is 0. The van der Waals surface area contributed by atoms with Crippen molar-refractivity contribution in [2.24, 2.45) is 7.05 Å². The van der Waals surface area contributed by atoms with Crippen molar-refractivity contribution in [1.82, 2.24) is 4.57 Å². The molecule has 1 heterocycles. The van der Waals surface area contributed by atoms with Crippen LogP contribution in [-0.4, -0.2) is 4.57 Å². The van der Waals surface area contributed by atoms with Crippen molar-refractivity contribution in [3.63, 3.8) is 0 Å². The predicted molar refractivity (Wildman–Crippen MR) is 61.2 cm³/mol. The Balaban J connectivity index is 2.75. The molecule has 2 aromatic rings. The maximum Gasteiger partial charge on any atom is 0.249 e. The lowest BCUT2D eigenvalue weighted by Crippen LogP contribution is -2.32. The number of nitrogens with zero attached hydrogens (tertiary/aromatic N) is 2. The summed E-state index contributed by atoms with van der Waals surface area (Å²) in [4.78, 5) is 0. The minimum Gasteiger partial charge on any atom is -0.236 e. The zero-order valence-electron chi connectivity index (χ0n) is 10.7. The van der Waals surface area contributed by atoms with Crippen LogP contribution in [0.15, 0.2) is 30.6 Å².